The van der Waals surface area contributed by atoms with Crippen molar-refractivity contribution in [3.8, 4) is 6.01 Å². The zero-order valence-electron chi connectivity index (χ0n) is 10.2. The molecule has 0 unspecified atom stereocenters. The maximum atomic E-state index is 11.5. The molecule has 96 valence electrons. The fourth-order valence-electron chi connectivity index (χ4n) is 1.71. The van der Waals surface area contributed by atoms with Crippen LogP contribution in [0.15, 0.2) is 41.1 Å². The number of benzene rings is 1. The number of hydrogen-bond acceptors (Lipinski definition) is 5. The van der Waals surface area contributed by atoms with Crippen molar-refractivity contribution in [3.63, 3.8) is 0 Å². The average molecular weight is 257 g/mol. The Morgan fingerprint density at radius 1 is 1.42 bits per heavy atom. The van der Waals surface area contributed by atoms with Gasteiger partial charge in [-0.1, -0.05) is 12.1 Å². The average Bonchev–Trinajstić information content (AvgIpc) is 3.05. The number of carbonyl (C=O) groups excluding carboxylic acids is 1. The second kappa shape index (κ2) is 4.56. The highest BCUT2D eigenvalue weighted by atomic mass is 16.5. The summed E-state index contributed by atoms with van der Waals surface area (Å²) in [6.07, 6.45) is 2.95. The monoisotopic (exact) mass is 257 g/mol. The van der Waals surface area contributed by atoms with Gasteiger partial charge in [0.2, 0.25) is 0 Å². The van der Waals surface area contributed by atoms with E-state index in [0.29, 0.717) is 23.8 Å². The van der Waals surface area contributed by atoms with Gasteiger partial charge in [-0.3, -0.25) is 0 Å². The van der Waals surface area contributed by atoms with Gasteiger partial charge in [-0.2, -0.15) is 14.8 Å². The fourth-order valence-corrected chi connectivity index (χ4v) is 1.71. The summed E-state index contributed by atoms with van der Waals surface area (Å²) in [5.41, 5.74) is 1.78. The summed E-state index contributed by atoms with van der Waals surface area (Å²) in [5, 5.41) is 4.04. The second-order valence-corrected chi connectivity index (χ2v) is 3.86. The number of aromatic nitrogens is 3. The molecule has 0 aliphatic rings. The van der Waals surface area contributed by atoms with Crippen molar-refractivity contribution >= 4 is 17.1 Å². The number of esters is 1. The van der Waals surface area contributed by atoms with Gasteiger partial charge in [0.1, 0.15) is 5.52 Å². The number of oxazole rings is 1. The van der Waals surface area contributed by atoms with E-state index in [1.54, 1.807) is 6.92 Å². The van der Waals surface area contributed by atoms with Crippen LogP contribution in [0.3, 0.4) is 0 Å². The number of para-hydroxylation sites is 2. The zero-order chi connectivity index (χ0) is 13.2. The smallest absolute Gasteiger partial charge is 0.341 e. The number of rotatable bonds is 3. The molecule has 6 nitrogen and oxygen atoms in total. The van der Waals surface area contributed by atoms with E-state index in [4.69, 9.17) is 9.15 Å². The van der Waals surface area contributed by atoms with Gasteiger partial charge in [-0.05, 0) is 19.1 Å². The quantitative estimate of drug-likeness (QED) is 0.672. The molecule has 0 N–H and O–H groups in total. The molecule has 0 saturated heterocycles. The third-order valence-electron chi connectivity index (χ3n) is 2.57. The maximum Gasteiger partial charge on any atom is 0.341 e. The summed E-state index contributed by atoms with van der Waals surface area (Å²) in [6, 6.07) is 7.73. The van der Waals surface area contributed by atoms with Crippen LogP contribution in [0.25, 0.3) is 17.1 Å². The summed E-state index contributed by atoms with van der Waals surface area (Å²) in [5.74, 6) is -0.412. The Bertz CT molecular complexity index is 696. The summed E-state index contributed by atoms with van der Waals surface area (Å²) in [6.45, 7) is 2.08. The molecular formula is C13H11N3O3. The van der Waals surface area contributed by atoms with E-state index in [1.807, 2.05) is 24.3 Å². The minimum Gasteiger partial charge on any atom is -0.462 e. The Labute approximate surface area is 108 Å². The molecule has 1 aromatic carbocycles. The first-order valence-corrected chi connectivity index (χ1v) is 5.85. The Morgan fingerprint density at radius 2 is 2.26 bits per heavy atom. The molecular weight excluding hydrogens is 246 g/mol. The highest BCUT2D eigenvalue weighted by Crippen LogP contribution is 2.17. The van der Waals surface area contributed by atoms with Gasteiger partial charge < -0.3 is 9.15 Å². The molecule has 0 amide bonds. The Hall–Kier alpha value is -2.63. The summed E-state index contributed by atoms with van der Waals surface area (Å²) in [7, 11) is 0. The molecule has 6 heteroatoms. The molecule has 0 spiro atoms. The normalized spacial score (nSPS) is 10.8. The third-order valence-corrected chi connectivity index (χ3v) is 2.57. The van der Waals surface area contributed by atoms with Gasteiger partial charge in [0, 0.05) is 0 Å². The van der Waals surface area contributed by atoms with Gasteiger partial charge in [0.15, 0.2) is 5.58 Å². The summed E-state index contributed by atoms with van der Waals surface area (Å²) in [4.78, 5) is 15.8. The van der Waals surface area contributed by atoms with Crippen LogP contribution in [-0.2, 0) is 4.74 Å². The lowest BCUT2D eigenvalue weighted by molar-refractivity contribution is 0.0526. The van der Waals surface area contributed by atoms with Crippen molar-refractivity contribution in [3.05, 3.63) is 42.2 Å². The van der Waals surface area contributed by atoms with Crippen LogP contribution in [0, 0.1) is 0 Å². The largest absolute Gasteiger partial charge is 0.462 e. The lowest BCUT2D eigenvalue weighted by Gasteiger charge is -1.96. The van der Waals surface area contributed by atoms with E-state index < -0.39 is 5.97 Å². The van der Waals surface area contributed by atoms with Gasteiger partial charge in [0.05, 0.1) is 24.6 Å². The van der Waals surface area contributed by atoms with Crippen LogP contribution in [0.4, 0.5) is 0 Å². The molecule has 0 saturated carbocycles. The number of nitrogens with zero attached hydrogens (tertiary/aromatic N) is 3. The topological polar surface area (TPSA) is 70.2 Å². The number of carbonyl (C=O) groups is 1. The highest BCUT2D eigenvalue weighted by molar-refractivity contribution is 5.88. The molecule has 0 atom stereocenters. The molecule has 0 fully saturated rings. The van der Waals surface area contributed by atoms with E-state index in [1.165, 1.54) is 17.1 Å². The molecule has 3 aromatic rings. The molecule has 0 aliphatic carbocycles. The maximum absolute atomic E-state index is 11.5. The van der Waals surface area contributed by atoms with Gasteiger partial charge in [-0.25, -0.2) is 4.79 Å². The standard InChI is InChI=1S/C13H11N3O3/c1-2-18-12(17)9-7-14-16(8-9)13-15-10-5-3-4-6-11(10)19-13/h3-8H,2H2,1H3. The molecule has 0 bridgehead atoms. The molecule has 0 aliphatic heterocycles. The van der Waals surface area contributed by atoms with Crippen LogP contribution in [0.1, 0.15) is 17.3 Å². The van der Waals surface area contributed by atoms with Crippen molar-refractivity contribution in [2.75, 3.05) is 6.61 Å². The van der Waals surface area contributed by atoms with E-state index >= 15 is 0 Å². The predicted molar refractivity (Wildman–Crippen MR) is 67.1 cm³/mol. The Kier molecular flexibility index (Phi) is 2.75. The van der Waals surface area contributed by atoms with Crippen LogP contribution >= 0.6 is 0 Å². The SMILES string of the molecule is CCOC(=O)c1cnn(-c2nc3ccccc3o2)c1. The third kappa shape index (κ3) is 2.08. The highest BCUT2D eigenvalue weighted by Gasteiger charge is 2.13. The summed E-state index contributed by atoms with van der Waals surface area (Å²) < 4.78 is 11.8. The first-order chi connectivity index (χ1) is 9.28. The van der Waals surface area contributed by atoms with Crippen molar-refractivity contribution in [1.82, 2.24) is 14.8 Å². The first-order valence-electron chi connectivity index (χ1n) is 5.85. The van der Waals surface area contributed by atoms with E-state index in [2.05, 4.69) is 10.1 Å². The number of fused-ring (bicyclic) bond motifs is 1. The molecule has 0 radical (unpaired) electrons. The number of ether oxygens (including phenoxy) is 1. The van der Waals surface area contributed by atoms with Gasteiger partial charge in [-0.15, -0.1) is 0 Å². The van der Waals surface area contributed by atoms with Crippen LogP contribution in [-0.4, -0.2) is 27.3 Å². The van der Waals surface area contributed by atoms with Crippen LogP contribution in [0.2, 0.25) is 0 Å². The Morgan fingerprint density at radius 3 is 3.05 bits per heavy atom. The zero-order valence-corrected chi connectivity index (χ0v) is 10.2. The van der Waals surface area contributed by atoms with E-state index in [9.17, 15) is 4.79 Å². The van der Waals surface area contributed by atoms with Crippen molar-refractivity contribution in [2.45, 2.75) is 6.92 Å². The predicted octanol–water partition coefficient (Wildman–Crippen LogP) is 2.19. The van der Waals surface area contributed by atoms with E-state index in [0.717, 1.165) is 5.52 Å². The number of hydrogen-bond donors (Lipinski definition) is 0. The minimum atomic E-state index is -0.412. The molecule has 19 heavy (non-hydrogen) atoms. The molecule has 3 rings (SSSR count). The van der Waals surface area contributed by atoms with Gasteiger partial charge >= 0.3 is 12.0 Å². The van der Waals surface area contributed by atoms with Crippen LogP contribution in [0.5, 0.6) is 0 Å². The lowest BCUT2D eigenvalue weighted by Crippen LogP contribution is -2.03. The van der Waals surface area contributed by atoms with Crippen LogP contribution < -0.4 is 0 Å². The van der Waals surface area contributed by atoms with Crippen molar-refractivity contribution in [1.29, 1.82) is 0 Å². The first kappa shape index (κ1) is 11.5. The molecule has 2 aromatic heterocycles. The van der Waals surface area contributed by atoms with E-state index in [-0.39, 0.29) is 0 Å². The van der Waals surface area contributed by atoms with Crippen molar-refractivity contribution in [2.24, 2.45) is 0 Å². The minimum absolute atomic E-state index is 0.316. The fraction of sp³-hybridized carbons (Fsp3) is 0.154. The summed E-state index contributed by atoms with van der Waals surface area (Å²) >= 11 is 0. The van der Waals surface area contributed by atoms with Gasteiger partial charge in [0.25, 0.3) is 0 Å². The Balaban J connectivity index is 1.96. The van der Waals surface area contributed by atoms with Crippen molar-refractivity contribution < 1.29 is 13.9 Å². The lowest BCUT2D eigenvalue weighted by atomic mass is 10.3. The second-order valence-electron chi connectivity index (χ2n) is 3.86. The molecule has 2 heterocycles.